The highest BCUT2D eigenvalue weighted by Gasteiger charge is 2.13. The Morgan fingerprint density at radius 1 is 1.44 bits per heavy atom. The summed E-state index contributed by atoms with van der Waals surface area (Å²) in [7, 11) is 0. The molecule has 2 rings (SSSR count). The molecular weight excluding hydrogens is 230 g/mol. The zero-order valence-corrected chi connectivity index (χ0v) is 10.3. The first-order valence-corrected chi connectivity index (χ1v) is 5.63. The average molecular weight is 245 g/mol. The summed E-state index contributed by atoms with van der Waals surface area (Å²) >= 11 is 0. The number of hydrogen-bond acceptors (Lipinski definition) is 4. The molecule has 0 bridgehead atoms. The highest BCUT2D eigenvalue weighted by Crippen LogP contribution is 2.24. The molecule has 0 unspecified atom stereocenters. The first-order valence-electron chi connectivity index (χ1n) is 5.63. The molecule has 6 nitrogen and oxygen atoms in total. The third-order valence-electron chi connectivity index (χ3n) is 2.44. The van der Waals surface area contributed by atoms with Gasteiger partial charge in [-0.25, -0.2) is 4.98 Å². The number of H-pyrrole nitrogens is 1. The maximum absolute atomic E-state index is 11.6. The minimum Gasteiger partial charge on any atom is -0.324 e. The van der Waals surface area contributed by atoms with E-state index in [1.54, 1.807) is 13.0 Å². The number of carbonyl (C=O) groups is 1. The molecule has 4 N–H and O–H groups in total. The van der Waals surface area contributed by atoms with Gasteiger partial charge in [0, 0.05) is 5.56 Å². The van der Waals surface area contributed by atoms with Crippen molar-refractivity contribution < 1.29 is 4.79 Å². The van der Waals surface area contributed by atoms with Crippen molar-refractivity contribution in [3.05, 3.63) is 30.1 Å². The van der Waals surface area contributed by atoms with Gasteiger partial charge in [0.2, 0.25) is 5.91 Å². The van der Waals surface area contributed by atoms with Gasteiger partial charge < -0.3 is 11.1 Å². The van der Waals surface area contributed by atoms with Gasteiger partial charge in [-0.05, 0) is 26.0 Å². The summed E-state index contributed by atoms with van der Waals surface area (Å²) in [5.74, 6) is 1.03. The number of nitrogens with two attached hydrogens (primary N) is 1. The topological polar surface area (TPSA) is 96.7 Å². The minimum absolute atomic E-state index is 0.241. The van der Waals surface area contributed by atoms with Crippen LogP contribution in [0.15, 0.2) is 24.3 Å². The largest absolute Gasteiger partial charge is 0.324 e. The normalized spacial score (nSPS) is 12.2. The van der Waals surface area contributed by atoms with Crippen LogP contribution in [0.2, 0.25) is 0 Å². The van der Waals surface area contributed by atoms with Gasteiger partial charge in [0.1, 0.15) is 5.82 Å². The van der Waals surface area contributed by atoms with E-state index in [2.05, 4.69) is 20.5 Å². The number of anilines is 1. The lowest BCUT2D eigenvalue weighted by Crippen LogP contribution is -2.32. The molecule has 0 fully saturated rings. The van der Waals surface area contributed by atoms with Gasteiger partial charge in [-0.2, -0.15) is 5.10 Å². The van der Waals surface area contributed by atoms with Crippen LogP contribution >= 0.6 is 0 Å². The number of aromatic nitrogens is 3. The van der Waals surface area contributed by atoms with E-state index in [1.165, 1.54) is 0 Å². The van der Waals surface area contributed by atoms with E-state index in [0.29, 0.717) is 11.5 Å². The quantitative estimate of drug-likeness (QED) is 0.753. The van der Waals surface area contributed by atoms with Crippen LogP contribution < -0.4 is 11.1 Å². The second-order valence-corrected chi connectivity index (χ2v) is 4.07. The lowest BCUT2D eigenvalue weighted by atomic mass is 10.1. The van der Waals surface area contributed by atoms with E-state index in [9.17, 15) is 4.79 Å². The van der Waals surface area contributed by atoms with Crippen LogP contribution in [0.4, 0.5) is 5.69 Å². The smallest absolute Gasteiger partial charge is 0.241 e. The summed E-state index contributed by atoms with van der Waals surface area (Å²) in [5, 5.41) is 9.61. The Labute approximate surface area is 105 Å². The number of hydrogen-bond donors (Lipinski definition) is 3. The zero-order valence-electron chi connectivity index (χ0n) is 10.3. The lowest BCUT2D eigenvalue weighted by Gasteiger charge is -2.10. The molecular formula is C12H15N5O. The number of para-hydroxylation sites is 1. The van der Waals surface area contributed by atoms with Gasteiger partial charge in [0.05, 0.1) is 11.7 Å². The fraction of sp³-hybridized carbons (Fsp3) is 0.250. The number of nitrogens with zero attached hydrogens (tertiary/aromatic N) is 2. The number of amides is 1. The third-order valence-corrected chi connectivity index (χ3v) is 2.44. The number of benzene rings is 1. The van der Waals surface area contributed by atoms with Crippen molar-refractivity contribution in [2.45, 2.75) is 19.9 Å². The Bertz CT molecular complexity index is 561. The van der Waals surface area contributed by atoms with Crippen molar-refractivity contribution in [2.24, 2.45) is 5.73 Å². The number of aromatic amines is 1. The molecule has 18 heavy (non-hydrogen) atoms. The van der Waals surface area contributed by atoms with E-state index in [0.717, 1.165) is 11.4 Å². The predicted octanol–water partition coefficient (Wildman–Crippen LogP) is 1.07. The summed E-state index contributed by atoms with van der Waals surface area (Å²) in [6.07, 6.45) is 0. The molecule has 0 aliphatic heterocycles. The van der Waals surface area contributed by atoms with Crippen LogP contribution in [-0.2, 0) is 4.79 Å². The molecule has 1 aromatic heterocycles. The molecule has 94 valence electrons. The Morgan fingerprint density at radius 3 is 2.78 bits per heavy atom. The van der Waals surface area contributed by atoms with E-state index in [4.69, 9.17) is 5.73 Å². The Morgan fingerprint density at radius 2 is 2.17 bits per heavy atom. The summed E-state index contributed by atoms with van der Waals surface area (Å²) in [4.78, 5) is 15.9. The van der Waals surface area contributed by atoms with Crippen molar-refractivity contribution in [3.8, 4) is 11.4 Å². The van der Waals surface area contributed by atoms with Gasteiger partial charge >= 0.3 is 0 Å². The summed E-state index contributed by atoms with van der Waals surface area (Å²) in [6.45, 7) is 3.45. The van der Waals surface area contributed by atoms with E-state index < -0.39 is 6.04 Å². The van der Waals surface area contributed by atoms with E-state index in [1.807, 2.05) is 25.1 Å². The van der Waals surface area contributed by atoms with Crippen LogP contribution in [-0.4, -0.2) is 27.1 Å². The van der Waals surface area contributed by atoms with Crippen LogP contribution in [0, 0.1) is 6.92 Å². The Balaban J connectivity index is 2.34. The number of rotatable bonds is 3. The molecule has 1 atom stereocenters. The van der Waals surface area contributed by atoms with E-state index >= 15 is 0 Å². The standard InChI is InChI=1S/C12H15N5O/c1-7(13)12(18)15-10-6-4-3-5-9(10)11-14-8(2)16-17-11/h3-7H,13H2,1-2H3,(H,15,18)(H,14,16,17)/t7-/m0/s1. The molecule has 1 amide bonds. The minimum atomic E-state index is -0.563. The SMILES string of the molecule is Cc1nc(-c2ccccc2NC(=O)[C@H](C)N)n[nH]1. The lowest BCUT2D eigenvalue weighted by molar-refractivity contribution is -0.117. The van der Waals surface area contributed by atoms with E-state index in [-0.39, 0.29) is 5.91 Å². The van der Waals surface area contributed by atoms with Gasteiger partial charge in [-0.15, -0.1) is 0 Å². The molecule has 0 spiro atoms. The van der Waals surface area contributed by atoms with Gasteiger partial charge in [0.15, 0.2) is 5.82 Å². The fourth-order valence-corrected chi connectivity index (χ4v) is 1.50. The van der Waals surface area contributed by atoms with Crippen LogP contribution in [0.25, 0.3) is 11.4 Å². The van der Waals surface area contributed by atoms with Gasteiger partial charge in [-0.3, -0.25) is 9.89 Å². The van der Waals surface area contributed by atoms with Gasteiger partial charge in [-0.1, -0.05) is 12.1 Å². The molecule has 1 aromatic carbocycles. The maximum Gasteiger partial charge on any atom is 0.241 e. The third kappa shape index (κ3) is 2.54. The van der Waals surface area contributed by atoms with Crippen molar-refractivity contribution >= 4 is 11.6 Å². The summed E-state index contributed by atoms with van der Waals surface area (Å²) < 4.78 is 0. The second-order valence-electron chi connectivity index (χ2n) is 4.07. The fourth-order valence-electron chi connectivity index (χ4n) is 1.50. The molecule has 6 heteroatoms. The van der Waals surface area contributed by atoms with Crippen molar-refractivity contribution in [1.82, 2.24) is 15.2 Å². The van der Waals surface area contributed by atoms with Crippen molar-refractivity contribution in [3.63, 3.8) is 0 Å². The maximum atomic E-state index is 11.6. The average Bonchev–Trinajstić information content (AvgIpc) is 2.76. The van der Waals surface area contributed by atoms with Crippen molar-refractivity contribution in [1.29, 1.82) is 0 Å². The highest BCUT2D eigenvalue weighted by molar-refractivity contribution is 5.97. The predicted molar refractivity (Wildman–Crippen MR) is 68.8 cm³/mol. The van der Waals surface area contributed by atoms with Crippen molar-refractivity contribution in [2.75, 3.05) is 5.32 Å². The molecule has 0 radical (unpaired) electrons. The summed E-state index contributed by atoms with van der Waals surface area (Å²) in [6, 6.07) is 6.77. The molecule has 2 aromatic rings. The van der Waals surface area contributed by atoms with Gasteiger partial charge in [0.25, 0.3) is 0 Å². The highest BCUT2D eigenvalue weighted by atomic mass is 16.2. The molecule has 0 saturated heterocycles. The monoisotopic (exact) mass is 245 g/mol. The molecule has 0 aliphatic rings. The first kappa shape index (κ1) is 12.3. The Hall–Kier alpha value is -2.21. The first-order chi connectivity index (χ1) is 8.58. The zero-order chi connectivity index (χ0) is 13.1. The number of nitrogens with one attached hydrogen (secondary N) is 2. The molecule has 0 aliphatic carbocycles. The van der Waals surface area contributed by atoms with Crippen LogP contribution in [0.3, 0.4) is 0 Å². The summed E-state index contributed by atoms with van der Waals surface area (Å²) in [5.41, 5.74) is 6.94. The molecule has 1 heterocycles. The van der Waals surface area contributed by atoms with Crippen LogP contribution in [0.1, 0.15) is 12.7 Å². The number of aryl methyl sites for hydroxylation is 1. The van der Waals surface area contributed by atoms with Crippen LogP contribution in [0.5, 0.6) is 0 Å². The Kier molecular flexibility index (Phi) is 3.38. The molecule has 0 saturated carbocycles. The second kappa shape index (κ2) is 4.97. The number of carbonyl (C=O) groups excluding carboxylic acids is 1.